The minimum Gasteiger partial charge on any atom is -0.488 e. The van der Waals surface area contributed by atoms with E-state index in [2.05, 4.69) is 26.1 Å². The number of pyridine rings is 1. The zero-order chi connectivity index (χ0) is 14.5. The lowest BCUT2D eigenvalue weighted by molar-refractivity contribution is -0.0985. The monoisotopic (exact) mass is 296 g/mol. The first-order valence-corrected chi connectivity index (χ1v) is 8.18. The van der Waals surface area contributed by atoms with Crippen molar-refractivity contribution in [2.24, 2.45) is 17.8 Å². The third-order valence-electron chi connectivity index (χ3n) is 5.52. The fraction of sp³-hybridized carbons (Fsp3) is 0.529. The van der Waals surface area contributed by atoms with Crippen LogP contribution in [0.25, 0.3) is 11.1 Å². The van der Waals surface area contributed by atoms with Crippen molar-refractivity contribution in [2.75, 3.05) is 19.6 Å². The van der Waals surface area contributed by atoms with Gasteiger partial charge in [0.05, 0.1) is 12.4 Å². The summed E-state index contributed by atoms with van der Waals surface area (Å²) in [4.78, 5) is 6.98. The van der Waals surface area contributed by atoms with Gasteiger partial charge in [0, 0.05) is 55.0 Å². The van der Waals surface area contributed by atoms with Crippen molar-refractivity contribution in [3.05, 3.63) is 30.9 Å². The Morgan fingerprint density at radius 1 is 1.05 bits per heavy atom. The first kappa shape index (κ1) is 12.6. The van der Waals surface area contributed by atoms with E-state index in [1.54, 1.807) is 0 Å². The Bertz CT molecular complexity index is 641. The van der Waals surface area contributed by atoms with E-state index in [1.807, 2.05) is 24.8 Å². The summed E-state index contributed by atoms with van der Waals surface area (Å²) in [7, 11) is 0. The van der Waals surface area contributed by atoms with Crippen LogP contribution >= 0.6 is 0 Å². The van der Waals surface area contributed by atoms with Gasteiger partial charge in [-0.15, -0.1) is 0 Å². The number of hydrogen-bond acceptors (Lipinski definition) is 4. The molecule has 5 heteroatoms. The van der Waals surface area contributed by atoms with Crippen LogP contribution in [-0.2, 0) is 0 Å². The maximum absolute atomic E-state index is 6.41. The van der Waals surface area contributed by atoms with Gasteiger partial charge in [0.15, 0.2) is 0 Å². The molecule has 114 valence electrons. The molecule has 1 saturated carbocycles. The highest BCUT2D eigenvalue weighted by atomic mass is 16.5. The molecule has 4 aliphatic rings. The van der Waals surface area contributed by atoms with E-state index in [4.69, 9.17) is 4.74 Å². The highest BCUT2D eigenvalue weighted by Crippen LogP contribution is 2.45. The maximum Gasteiger partial charge on any atom is 0.138 e. The van der Waals surface area contributed by atoms with Gasteiger partial charge in [-0.05, 0) is 24.8 Å². The van der Waals surface area contributed by atoms with Crippen LogP contribution in [0.5, 0.6) is 5.75 Å². The number of nitrogens with zero attached hydrogens (tertiary/aromatic N) is 3. The van der Waals surface area contributed by atoms with Crippen molar-refractivity contribution in [3.8, 4) is 16.9 Å². The minimum absolute atomic E-state index is 0.370. The van der Waals surface area contributed by atoms with Crippen LogP contribution in [0.4, 0.5) is 0 Å². The lowest BCUT2D eigenvalue weighted by Crippen LogP contribution is -2.61. The summed E-state index contributed by atoms with van der Waals surface area (Å²) in [6.07, 6.45) is 10.5. The quantitative estimate of drug-likeness (QED) is 0.943. The normalized spacial score (nSPS) is 35.7. The van der Waals surface area contributed by atoms with Crippen molar-refractivity contribution in [1.82, 2.24) is 20.1 Å². The molecule has 5 heterocycles. The van der Waals surface area contributed by atoms with Gasteiger partial charge in [0.2, 0.25) is 0 Å². The van der Waals surface area contributed by atoms with Crippen LogP contribution < -0.4 is 4.74 Å². The molecule has 4 bridgehead atoms. The van der Waals surface area contributed by atoms with Gasteiger partial charge in [-0.2, -0.15) is 5.10 Å². The predicted molar refractivity (Wildman–Crippen MR) is 82.4 cm³/mol. The summed E-state index contributed by atoms with van der Waals surface area (Å²) in [5.41, 5.74) is 2.10. The molecule has 1 aliphatic carbocycles. The third kappa shape index (κ3) is 2.03. The van der Waals surface area contributed by atoms with E-state index in [-0.39, 0.29) is 0 Å². The molecule has 2 unspecified atom stereocenters. The number of piperidine rings is 3. The minimum atomic E-state index is 0.370. The van der Waals surface area contributed by atoms with Gasteiger partial charge in [0.1, 0.15) is 11.9 Å². The second kappa shape index (κ2) is 4.81. The first-order chi connectivity index (χ1) is 10.8. The molecule has 0 amide bonds. The summed E-state index contributed by atoms with van der Waals surface area (Å²) in [5.74, 6) is 3.20. The van der Waals surface area contributed by atoms with Crippen LogP contribution in [0.2, 0.25) is 0 Å². The average molecular weight is 296 g/mol. The van der Waals surface area contributed by atoms with Gasteiger partial charge in [-0.3, -0.25) is 10.1 Å². The Morgan fingerprint density at radius 2 is 1.91 bits per heavy atom. The largest absolute Gasteiger partial charge is 0.488 e. The van der Waals surface area contributed by atoms with Gasteiger partial charge >= 0.3 is 0 Å². The molecule has 2 aromatic heterocycles. The van der Waals surface area contributed by atoms with Gasteiger partial charge in [0.25, 0.3) is 0 Å². The van der Waals surface area contributed by atoms with Crippen molar-refractivity contribution in [2.45, 2.75) is 18.9 Å². The van der Waals surface area contributed by atoms with E-state index < -0.39 is 0 Å². The summed E-state index contributed by atoms with van der Waals surface area (Å²) in [5, 5.41) is 6.85. The molecule has 22 heavy (non-hydrogen) atoms. The number of H-pyrrole nitrogens is 1. The van der Waals surface area contributed by atoms with Crippen molar-refractivity contribution < 1.29 is 4.74 Å². The molecule has 0 aromatic carbocycles. The van der Waals surface area contributed by atoms with Crippen molar-refractivity contribution in [1.29, 1.82) is 0 Å². The second-order valence-corrected chi connectivity index (χ2v) is 7.05. The van der Waals surface area contributed by atoms with Crippen molar-refractivity contribution in [3.63, 3.8) is 0 Å². The Balaban J connectivity index is 1.39. The maximum atomic E-state index is 6.41. The summed E-state index contributed by atoms with van der Waals surface area (Å²) in [6.45, 7) is 3.75. The highest BCUT2D eigenvalue weighted by Gasteiger charge is 2.48. The molecule has 5 nitrogen and oxygen atoms in total. The Hall–Kier alpha value is -1.88. The van der Waals surface area contributed by atoms with Crippen LogP contribution in [-0.4, -0.2) is 45.8 Å². The number of nitrogens with one attached hydrogen (secondary N) is 1. The topological polar surface area (TPSA) is 54.0 Å². The molecule has 3 aliphatic heterocycles. The smallest absolute Gasteiger partial charge is 0.138 e. The zero-order valence-electron chi connectivity index (χ0n) is 12.5. The van der Waals surface area contributed by atoms with Crippen LogP contribution in [0, 0.1) is 17.8 Å². The molecule has 4 fully saturated rings. The molecule has 6 rings (SSSR count). The number of rotatable bonds is 3. The number of aromatic amines is 1. The summed E-state index contributed by atoms with van der Waals surface area (Å²) < 4.78 is 6.41. The standard InChI is InChI=1S/C17H20N4O/c1-11-2-14-10-21(8-11)9-13(1)17(14)22-16-3-12(4-18-7-16)15-5-19-20-6-15/h3-7,11,13-14,17H,1-2,8-10H2,(H,19,20). The van der Waals surface area contributed by atoms with E-state index in [1.165, 1.54) is 32.5 Å². The molecular formula is C17H20N4O. The fourth-order valence-corrected chi connectivity index (χ4v) is 4.76. The SMILES string of the molecule is c1ncc(-c2cn[nH]c2)cc1OC1C2CC3CC1CN(C3)C2. The highest BCUT2D eigenvalue weighted by molar-refractivity contribution is 5.61. The number of ether oxygens (including phenoxy) is 1. The Kier molecular flexibility index (Phi) is 2.77. The summed E-state index contributed by atoms with van der Waals surface area (Å²) >= 11 is 0. The first-order valence-electron chi connectivity index (χ1n) is 8.18. The third-order valence-corrected chi connectivity index (χ3v) is 5.52. The molecule has 1 N–H and O–H groups in total. The molecule has 2 aromatic rings. The molecule has 3 saturated heterocycles. The van der Waals surface area contributed by atoms with Crippen molar-refractivity contribution >= 4 is 0 Å². The lowest BCUT2D eigenvalue weighted by Gasteiger charge is -2.55. The van der Waals surface area contributed by atoms with Crippen LogP contribution in [0.1, 0.15) is 12.8 Å². The predicted octanol–water partition coefficient (Wildman–Crippen LogP) is 2.19. The fourth-order valence-electron chi connectivity index (χ4n) is 4.76. The van der Waals surface area contributed by atoms with Gasteiger partial charge in [-0.25, -0.2) is 0 Å². The van der Waals surface area contributed by atoms with Crippen LogP contribution in [0.15, 0.2) is 30.9 Å². The zero-order valence-corrected chi connectivity index (χ0v) is 12.5. The van der Waals surface area contributed by atoms with E-state index in [9.17, 15) is 0 Å². The molecule has 0 radical (unpaired) electrons. The van der Waals surface area contributed by atoms with Gasteiger partial charge in [-0.1, -0.05) is 0 Å². The average Bonchev–Trinajstić information content (AvgIpc) is 3.05. The Labute approximate surface area is 129 Å². The molecule has 0 spiro atoms. The van der Waals surface area contributed by atoms with E-state index >= 15 is 0 Å². The molecule has 2 atom stereocenters. The van der Waals surface area contributed by atoms with E-state index in [0.717, 1.165) is 22.8 Å². The van der Waals surface area contributed by atoms with E-state index in [0.29, 0.717) is 17.9 Å². The molecular weight excluding hydrogens is 276 g/mol. The summed E-state index contributed by atoms with van der Waals surface area (Å²) in [6, 6.07) is 2.09. The Morgan fingerprint density at radius 3 is 2.64 bits per heavy atom. The lowest BCUT2D eigenvalue weighted by atomic mass is 9.66. The second-order valence-electron chi connectivity index (χ2n) is 7.05. The van der Waals surface area contributed by atoms with Crippen LogP contribution in [0.3, 0.4) is 0 Å². The number of hydrogen-bond donors (Lipinski definition) is 1. The number of aromatic nitrogens is 3. The van der Waals surface area contributed by atoms with Gasteiger partial charge < -0.3 is 9.64 Å².